The molecule has 2 nitrogen and oxygen atoms in total. The fourth-order valence-corrected chi connectivity index (χ4v) is 2.46. The predicted molar refractivity (Wildman–Crippen MR) is 79.1 cm³/mol. The maximum Gasteiger partial charge on any atom is 0.0397 e. The molecule has 1 fully saturated rings. The van der Waals surface area contributed by atoms with Crippen molar-refractivity contribution in [2.24, 2.45) is 11.7 Å². The molecule has 1 aliphatic carbocycles. The number of anilines is 1. The van der Waals surface area contributed by atoms with Gasteiger partial charge in [0.15, 0.2) is 0 Å². The number of rotatable bonds is 6. The van der Waals surface area contributed by atoms with Crippen molar-refractivity contribution in [3.63, 3.8) is 0 Å². The van der Waals surface area contributed by atoms with Gasteiger partial charge in [-0.25, -0.2) is 0 Å². The molecular formula is C16H26N2. The number of nitrogens with zero attached hydrogens (tertiary/aromatic N) is 1. The average Bonchev–Trinajstić information content (AvgIpc) is 3.12. The minimum absolute atomic E-state index is 0.278. The maximum absolute atomic E-state index is 6.12. The van der Waals surface area contributed by atoms with Gasteiger partial charge >= 0.3 is 0 Å². The predicted octanol–water partition coefficient (Wildman–Crippen LogP) is 3.12. The first-order valence-electron chi connectivity index (χ1n) is 7.16. The third-order valence-corrected chi connectivity index (χ3v) is 3.88. The van der Waals surface area contributed by atoms with Crippen LogP contribution in [-0.2, 0) is 6.42 Å². The molecule has 0 spiro atoms. The first-order valence-corrected chi connectivity index (χ1v) is 7.16. The Hall–Kier alpha value is -1.02. The average molecular weight is 246 g/mol. The summed E-state index contributed by atoms with van der Waals surface area (Å²) in [5.74, 6) is 0.920. The quantitative estimate of drug-likeness (QED) is 0.835. The molecule has 0 heterocycles. The molecule has 1 unspecified atom stereocenters. The molecule has 1 saturated carbocycles. The smallest absolute Gasteiger partial charge is 0.0397 e. The van der Waals surface area contributed by atoms with Crippen LogP contribution in [0.4, 0.5) is 5.69 Å². The van der Waals surface area contributed by atoms with Crippen molar-refractivity contribution >= 4 is 5.69 Å². The molecule has 100 valence electrons. The van der Waals surface area contributed by atoms with Gasteiger partial charge in [-0.1, -0.05) is 24.6 Å². The summed E-state index contributed by atoms with van der Waals surface area (Å²) in [4.78, 5) is 2.41. The third-order valence-electron chi connectivity index (χ3n) is 3.88. The minimum atomic E-state index is 0.278. The van der Waals surface area contributed by atoms with Crippen LogP contribution in [0.5, 0.6) is 0 Å². The van der Waals surface area contributed by atoms with Crippen LogP contribution in [0.1, 0.15) is 37.3 Å². The molecular weight excluding hydrogens is 220 g/mol. The van der Waals surface area contributed by atoms with E-state index in [1.54, 1.807) is 0 Å². The van der Waals surface area contributed by atoms with Crippen LogP contribution < -0.4 is 10.6 Å². The molecule has 2 heteroatoms. The monoisotopic (exact) mass is 246 g/mol. The lowest BCUT2D eigenvalue weighted by Gasteiger charge is -2.24. The van der Waals surface area contributed by atoms with E-state index in [9.17, 15) is 0 Å². The lowest BCUT2D eigenvalue weighted by Crippen LogP contribution is -2.25. The zero-order valence-electron chi connectivity index (χ0n) is 11.9. The van der Waals surface area contributed by atoms with Crippen molar-refractivity contribution in [1.82, 2.24) is 0 Å². The Labute approximate surface area is 111 Å². The van der Waals surface area contributed by atoms with E-state index in [1.165, 1.54) is 36.2 Å². The maximum atomic E-state index is 6.12. The zero-order chi connectivity index (χ0) is 13.1. The number of benzene rings is 1. The standard InChI is InChI=1S/C16H26N2/c1-4-15(17)10-14-9-12(2)5-8-16(14)18(3)11-13-6-7-13/h5,8-9,13,15H,4,6-7,10-11,17H2,1-3H3. The van der Waals surface area contributed by atoms with E-state index in [1.807, 2.05) is 0 Å². The van der Waals surface area contributed by atoms with E-state index in [4.69, 9.17) is 5.73 Å². The van der Waals surface area contributed by atoms with Crippen molar-refractivity contribution in [3.8, 4) is 0 Å². The van der Waals surface area contributed by atoms with Gasteiger partial charge in [0, 0.05) is 25.3 Å². The molecule has 0 radical (unpaired) electrons. The van der Waals surface area contributed by atoms with Gasteiger partial charge in [0.2, 0.25) is 0 Å². The Morgan fingerprint density at radius 3 is 2.72 bits per heavy atom. The first-order chi connectivity index (χ1) is 8.60. The molecule has 0 saturated heterocycles. The zero-order valence-corrected chi connectivity index (χ0v) is 11.9. The van der Waals surface area contributed by atoms with Crippen LogP contribution in [0.2, 0.25) is 0 Å². The Kier molecular flexibility index (Phi) is 4.28. The fraction of sp³-hybridized carbons (Fsp3) is 0.625. The second kappa shape index (κ2) is 5.75. The second-order valence-corrected chi connectivity index (χ2v) is 5.83. The van der Waals surface area contributed by atoms with Gasteiger partial charge in [0.1, 0.15) is 0 Å². The van der Waals surface area contributed by atoms with Gasteiger partial charge in [0.25, 0.3) is 0 Å². The van der Waals surface area contributed by atoms with E-state index >= 15 is 0 Å². The van der Waals surface area contributed by atoms with Crippen molar-refractivity contribution < 1.29 is 0 Å². The van der Waals surface area contributed by atoms with E-state index < -0.39 is 0 Å². The minimum Gasteiger partial charge on any atom is -0.374 e. The van der Waals surface area contributed by atoms with Crippen molar-refractivity contribution in [2.75, 3.05) is 18.5 Å². The van der Waals surface area contributed by atoms with Crippen LogP contribution in [-0.4, -0.2) is 19.6 Å². The lowest BCUT2D eigenvalue weighted by atomic mass is 10.00. The van der Waals surface area contributed by atoms with Crippen molar-refractivity contribution in [3.05, 3.63) is 29.3 Å². The fourth-order valence-electron chi connectivity index (χ4n) is 2.46. The molecule has 1 atom stereocenters. The molecule has 1 aliphatic rings. The molecule has 0 amide bonds. The van der Waals surface area contributed by atoms with Crippen LogP contribution in [0, 0.1) is 12.8 Å². The summed E-state index contributed by atoms with van der Waals surface area (Å²) in [6, 6.07) is 7.04. The van der Waals surface area contributed by atoms with Gasteiger partial charge in [-0.15, -0.1) is 0 Å². The normalized spacial score (nSPS) is 16.7. The van der Waals surface area contributed by atoms with Gasteiger partial charge in [-0.3, -0.25) is 0 Å². The Balaban J connectivity index is 2.15. The van der Waals surface area contributed by atoms with Gasteiger partial charge < -0.3 is 10.6 Å². The largest absolute Gasteiger partial charge is 0.374 e. The summed E-state index contributed by atoms with van der Waals surface area (Å²) in [7, 11) is 2.21. The topological polar surface area (TPSA) is 29.3 Å². The highest BCUT2D eigenvalue weighted by Gasteiger charge is 2.23. The molecule has 18 heavy (non-hydrogen) atoms. The highest BCUT2D eigenvalue weighted by Crippen LogP contribution is 2.32. The summed E-state index contributed by atoms with van der Waals surface area (Å²) < 4.78 is 0. The lowest BCUT2D eigenvalue weighted by molar-refractivity contribution is 0.644. The number of hydrogen-bond donors (Lipinski definition) is 1. The summed E-state index contributed by atoms with van der Waals surface area (Å²) in [5.41, 5.74) is 10.2. The SMILES string of the molecule is CCC(N)Cc1cc(C)ccc1N(C)CC1CC1. The van der Waals surface area contributed by atoms with E-state index in [0.717, 1.165) is 18.8 Å². The first kappa shape index (κ1) is 13.4. The summed E-state index contributed by atoms with van der Waals surface area (Å²) in [6.07, 6.45) is 4.84. The number of hydrogen-bond acceptors (Lipinski definition) is 2. The number of nitrogens with two attached hydrogens (primary N) is 1. The molecule has 0 aliphatic heterocycles. The molecule has 0 bridgehead atoms. The highest BCUT2D eigenvalue weighted by molar-refractivity contribution is 5.55. The Morgan fingerprint density at radius 2 is 2.11 bits per heavy atom. The second-order valence-electron chi connectivity index (χ2n) is 5.83. The van der Waals surface area contributed by atoms with E-state index in [-0.39, 0.29) is 6.04 Å². The molecule has 0 aromatic heterocycles. The molecule has 1 aromatic rings. The van der Waals surface area contributed by atoms with E-state index in [2.05, 4.69) is 44.0 Å². The summed E-state index contributed by atoms with van der Waals surface area (Å²) >= 11 is 0. The van der Waals surface area contributed by atoms with Gasteiger partial charge in [0.05, 0.1) is 0 Å². The molecule has 2 rings (SSSR count). The highest BCUT2D eigenvalue weighted by atomic mass is 15.1. The van der Waals surface area contributed by atoms with Crippen LogP contribution in [0.15, 0.2) is 18.2 Å². The Bertz CT molecular complexity index is 396. The van der Waals surface area contributed by atoms with E-state index in [0.29, 0.717) is 0 Å². The Morgan fingerprint density at radius 1 is 1.39 bits per heavy atom. The van der Waals surface area contributed by atoms with Crippen molar-refractivity contribution in [1.29, 1.82) is 0 Å². The third kappa shape index (κ3) is 3.49. The van der Waals surface area contributed by atoms with Crippen LogP contribution >= 0.6 is 0 Å². The van der Waals surface area contributed by atoms with Gasteiger partial charge in [-0.2, -0.15) is 0 Å². The summed E-state index contributed by atoms with van der Waals surface area (Å²) in [5, 5.41) is 0. The number of aryl methyl sites for hydroxylation is 1. The summed E-state index contributed by atoms with van der Waals surface area (Å²) in [6.45, 7) is 5.51. The molecule has 1 aromatic carbocycles. The molecule has 2 N–H and O–H groups in total. The van der Waals surface area contributed by atoms with Crippen LogP contribution in [0.3, 0.4) is 0 Å². The van der Waals surface area contributed by atoms with Crippen LogP contribution in [0.25, 0.3) is 0 Å². The van der Waals surface area contributed by atoms with Crippen molar-refractivity contribution in [2.45, 2.75) is 45.6 Å². The van der Waals surface area contributed by atoms with Gasteiger partial charge in [-0.05, 0) is 50.2 Å².